The summed E-state index contributed by atoms with van der Waals surface area (Å²) in [7, 11) is 0. The van der Waals surface area contributed by atoms with Gasteiger partial charge >= 0.3 is 11.9 Å². The highest BCUT2D eigenvalue weighted by atomic mass is 35.5. The number of thioether (sulfide) groups is 1. The summed E-state index contributed by atoms with van der Waals surface area (Å²) in [5.41, 5.74) is 0.123. The van der Waals surface area contributed by atoms with Gasteiger partial charge in [-0.15, -0.1) is 11.8 Å². The lowest BCUT2D eigenvalue weighted by atomic mass is 10.0. The monoisotopic (exact) mass is 469 g/mol. The summed E-state index contributed by atoms with van der Waals surface area (Å²) in [4.78, 5) is 48.2. The maximum atomic E-state index is 12.6. The van der Waals surface area contributed by atoms with E-state index < -0.39 is 23.4 Å². The van der Waals surface area contributed by atoms with Gasteiger partial charge < -0.3 is 15.5 Å². The second kappa shape index (κ2) is 10.1. The minimum atomic E-state index is -1.41. The van der Waals surface area contributed by atoms with Crippen molar-refractivity contribution in [3.8, 4) is 0 Å². The van der Waals surface area contributed by atoms with Gasteiger partial charge in [-0.25, -0.2) is 9.59 Å². The van der Waals surface area contributed by atoms with Crippen LogP contribution < -0.4 is 5.32 Å². The number of aromatic carboxylic acids is 2. The first-order valence-electron chi connectivity index (χ1n) is 9.18. The van der Waals surface area contributed by atoms with E-state index in [1.807, 2.05) is 0 Å². The third-order valence-corrected chi connectivity index (χ3v) is 5.62. The second-order valence-corrected chi connectivity index (χ2v) is 8.06. The first-order valence-corrected chi connectivity index (χ1v) is 10.5. The molecule has 1 amide bonds. The standard InChI is InChI=1S/C23H16ClNO6S/c24-15-7-4-13(5-8-15)20(26)12-32-17-3-1-2-16(11-17)25-21(27)18-9-6-14(22(28)29)10-19(18)23(30)31/h1-11H,12H2,(H,25,27)(H,28,29)(H,30,31). The maximum absolute atomic E-state index is 12.6. The van der Waals surface area contributed by atoms with E-state index >= 15 is 0 Å². The van der Waals surface area contributed by atoms with Crippen LogP contribution in [0.1, 0.15) is 41.4 Å². The van der Waals surface area contributed by atoms with Gasteiger partial charge in [-0.2, -0.15) is 0 Å². The number of hydrogen-bond acceptors (Lipinski definition) is 5. The first-order chi connectivity index (χ1) is 15.2. The number of carboxylic acids is 2. The van der Waals surface area contributed by atoms with Gasteiger partial charge in [0.25, 0.3) is 5.91 Å². The zero-order valence-corrected chi connectivity index (χ0v) is 17.9. The number of anilines is 1. The van der Waals surface area contributed by atoms with E-state index in [2.05, 4.69) is 5.32 Å². The predicted molar refractivity (Wildman–Crippen MR) is 121 cm³/mol. The molecule has 3 N–H and O–H groups in total. The first kappa shape index (κ1) is 23.1. The molecule has 0 atom stereocenters. The molecule has 0 fully saturated rings. The largest absolute Gasteiger partial charge is 0.478 e. The van der Waals surface area contributed by atoms with Gasteiger partial charge in [-0.1, -0.05) is 17.7 Å². The number of Topliss-reactive ketones (excluding diaryl/α,β-unsaturated/α-hetero) is 1. The van der Waals surface area contributed by atoms with Gasteiger partial charge in [-0.3, -0.25) is 9.59 Å². The number of amides is 1. The molecule has 162 valence electrons. The van der Waals surface area contributed by atoms with Crippen molar-refractivity contribution in [1.82, 2.24) is 0 Å². The molecule has 0 unspecified atom stereocenters. The summed E-state index contributed by atoms with van der Waals surface area (Å²) < 4.78 is 0. The third-order valence-electron chi connectivity index (χ3n) is 4.37. The minimum absolute atomic E-state index is 0.0780. The van der Waals surface area contributed by atoms with E-state index in [1.54, 1.807) is 48.5 Å². The zero-order chi connectivity index (χ0) is 23.3. The molecule has 3 aromatic carbocycles. The van der Waals surface area contributed by atoms with Crippen molar-refractivity contribution in [2.24, 2.45) is 0 Å². The lowest BCUT2D eigenvalue weighted by molar-refractivity contribution is 0.0692. The highest BCUT2D eigenvalue weighted by molar-refractivity contribution is 8.00. The molecule has 0 radical (unpaired) electrons. The highest BCUT2D eigenvalue weighted by Gasteiger charge is 2.19. The van der Waals surface area contributed by atoms with Gasteiger partial charge in [0.05, 0.1) is 22.4 Å². The smallest absolute Gasteiger partial charge is 0.336 e. The number of nitrogens with one attached hydrogen (secondary N) is 1. The Labute approximate surface area is 192 Å². The van der Waals surface area contributed by atoms with E-state index in [-0.39, 0.29) is 22.7 Å². The Hall–Kier alpha value is -3.62. The molecule has 0 bridgehead atoms. The van der Waals surface area contributed by atoms with Gasteiger partial charge in [-0.05, 0) is 60.7 Å². The third kappa shape index (κ3) is 5.75. The summed E-state index contributed by atoms with van der Waals surface area (Å²) in [5, 5.41) is 21.5. The summed E-state index contributed by atoms with van der Waals surface area (Å²) >= 11 is 7.12. The lowest BCUT2D eigenvalue weighted by Crippen LogP contribution is -2.17. The molecule has 0 aromatic heterocycles. The van der Waals surface area contributed by atoms with Crippen LogP contribution in [0.3, 0.4) is 0 Å². The SMILES string of the molecule is O=C(O)c1ccc(C(=O)Nc2cccc(SCC(=O)c3ccc(Cl)cc3)c2)c(C(=O)O)c1. The number of carboxylic acid groups (broad SMARTS) is 2. The van der Waals surface area contributed by atoms with Crippen LogP contribution in [0.2, 0.25) is 5.02 Å². The van der Waals surface area contributed by atoms with E-state index in [0.29, 0.717) is 16.3 Å². The van der Waals surface area contributed by atoms with Crippen LogP contribution in [0, 0.1) is 0 Å². The molecular formula is C23H16ClNO6S. The van der Waals surface area contributed by atoms with E-state index in [0.717, 1.165) is 17.0 Å². The highest BCUT2D eigenvalue weighted by Crippen LogP contribution is 2.24. The molecule has 3 rings (SSSR count). The fourth-order valence-corrected chi connectivity index (χ4v) is 3.76. The van der Waals surface area contributed by atoms with Crippen molar-refractivity contribution in [3.63, 3.8) is 0 Å². The summed E-state index contributed by atoms with van der Waals surface area (Å²) in [5.74, 6) is -3.30. The molecule has 32 heavy (non-hydrogen) atoms. The van der Waals surface area contributed by atoms with Crippen molar-refractivity contribution in [2.75, 3.05) is 11.1 Å². The van der Waals surface area contributed by atoms with Crippen LogP contribution in [0.4, 0.5) is 5.69 Å². The maximum Gasteiger partial charge on any atom is 0.336 e. The lowest BCUT2D eigenvalue weighted by Gasteiger charge is -2.10. The fourth-order valence-electron chi connectivity index (χ4n) is 2.78. The van der Waals surface area contributed by atoms with Gasteiger partial charge in [0, 0.05) is 21.2 Å². The molecule has 0 aliphatic heterocycles. The molecule has 7 nitrogen and oxygen atoms in total. The summed E-state index contributed by atoms with van der Waals surface area (Å²) in [6.45, 7) is 0. The van der Waals surface area contributed by atoms with E-state index in [1.165, 1.54) is 17.8 Å². The molecule has 0 aliphatic carbocycles. The molecule has 0 saturated carbocycles. The number of carbonyl (C=O) groups is 4. The quantitative estimate of drug-likeness (QED) is 0.315. The normalized spacial score (nSPS) is 10.4. The number of hydrogen-bond donors (Lipinski definition) is 3. The number of rotatable bonds is 8. The van der Waals surface area contributed by atoms with Crippen molar-refractivity contribution in [3.05, 3.63) is 94.0 Å². The van der Waals surface area contributed by atoms with Crippen LogP contribution in [-0.4, -0.2) is 39.6 Å². The Morgan fingerprint density at radius 3 is 2.16 bits per heavy atom. The topological polar surface area (TPSA) is 121 Å². The molecule has 0 spiro atoms. The zero-order valence-electron chi connectivity index (χ0n) is 16.4. The van der Waals surface area contributed by atoms with E-state index in [9.17, 15) is 24.3 Å². The molecule has 0 heterocycles. The summed E-state index contributed by atoms with van der Waals surface area (Å²) in [6, 6.07) is 16.6. The summed E-state index contributed by atoms with van der Waals surface area (Å²) in [6.07, 6.45) is 0. The van der Waals surface area contributed by atoms with Crippen molar-refractivity contribution >= 4 is 52.7 Å². The van der Waals surface area contributed by atoms with Gasteiger partial charge in [0.15, 0.2) is 5.78 Å². The number of ketones is 1. The molecular weight excluding hydrogens is 454 g/mol. The Bertz CT molecular complexity index is 1210. The molecule has 0 aliphatic rings. The number of carbonyl (C=O) groups excluding carboxylic acids is 2. The number of benzene rings is 3. The van der Waals surface area contributed by atoms with Gasteiger partial charge in [0.2, 0.25) is 0 Å². The minimum Gasteiger partial charge on any atom is -0.478 e. The predicted octanol–water partition coefficient (Wildman–Crippen LogP) is 4.96. The average Bonchev–Trinajstić information content (AvgIpc) is 2.77. The molecule has 9 heteroatoms. The van der Waals surface area contributed by atoms with Crippen LogP contribution in [0.5, 0.6) is 0 Å². The molecule has 3 aromatic rings. The van der Waals surface area contributed by atoms with Crippen LogP contribution in [-0.2, 0) is 0 Å². The van der Waals surface area contributed by atoms with E-state index in [4.69, 9.17) is 16.7 Å². The average molecular weight is 470 g/mol. The van der Waals surface area contributed by atoms with Crippen LogP contribution in [0.15, 0.2) is 71.6 Å². The number of halogens is 1. The van der Waals surface area contributed by atoms with Crippen molar-refractivity contribution in [1.29, 1.82) is 0 Å². The Morgan fingerprint density at radius 1 is 0.812 bits per heavy atom. The van der Waals surface area contributed by atoms with Gasteiger partial charge in [0.1, 0.15) is 0 Å². The Balaban J connectivity index is 1.71. The Morgan fingerprint density at radius 2 is 1.50 bits per heavy atom. The van der Waals surface area contributed by atoms with Crippen molar-refractivity contribution in [2.45, 2.75) is 4.90 Å². The second-order valence-electron chi connectivity index (χ2n) is 6.57. The van der Waals surface area contributed by atoms with Crippen LogP contribution in [0.25, 0.3) is 0 Å². The molecule has 0 saturated heterocycles. The fraction of sp³-hybridized carbons (Fsp3) is 0.0435. The van der Waals surface area contributed by atoms with Crippen molar-refractivity contribution < 1.29 is 29.4 Å². The Kier molecular flexibility index (Phi) is 7.29. The van der Waals surface area contributed by atoms with Crippen LogP contribution >= 0.6 is 23.4 Å².